The summed E-state index contributed by atoms with van der Waals surface area (Å²) in [6, 6.07) is 2.11. The van der Waals surface area contributed by atoms with E-state index in [4.69, 9.17) is 4.99 Å². The highest BCUT2D eigenvalue weighted by Gasteiger charge is 2.15. The molecule has 0 fully saturated rings. The van der Waals surface area contributed by atoms with Gasteiger partial charge in [0.15, 0.2) is 5.96 Å². The fourth-order valence-corrected chi connectivity index (χ4v) is 3.27. The van der Waals surface area contributed by atoms with Crippen molar-refractivity contribution in [1.29, 1.82) is 0 Å². The number of hydrogen-bond acceptors (Lipinski definition) is 3. The number of aromatic nitrogens is 4. The summed E-state index contributed by atoms with van der Waals surface area (Å²) in [4.78, 5) is 6.98. The van der Waals surface area contributed by atoms with Gasteiger partial charge in [0.25, 0.3) is 0 Å². The Morgan fingerprint density at radius 3 is 2.57 bits per heavy atom. The highest BCUT2D eigenvalue weighted by molar-refractivity contribution is 14.0. The van der Waals surface area contributed by atoms with Crippen molar-refractivity contribution in [3.05, 3.63) is 34.9 Å². The standard InChI is InChI=1S/C20H35N7.HI/c1-8-21-20(22-10-9-11-27-17(5)12-16(4)23-27)25(6)13-18-14-26(7)24-19(18)15(2)3;/h12,14-15H,8-11,13H2,1-7H3,(H,21,22);1H. The van der Waals surface area contributed by atoms with E-state index in [1.807, 2.05) is 18.7 Å². The molecule has 0 bridgehead atoms. The lowest BCUT2D eigenvalue weighted by Crippen LogP contribution is -2.38. The van der Waals surface area contributed by atoms with Crippen LogP contribution < -0.4 is 5.32 Å². The van der Waals surface area contributed by atoms with Crippen molar-refractivity contribution in [2.45, 2.75) is 60.0 Å². The topological polar surface area (TPSA) is 63.3 Å². The van der Waals surface area contributed by atoms with Crippen molar-refractivity contribution in [2.75, 3.05) is 20.1 Å². The number of nitrogens with one attached hydrogen (secondary N) is 1. The SMILES string of the molecule is CCNC(=NCCCn1nc(C)cc1C)N(C)Cc1cn(C)nc1C(C)C.I. The molecule has 2 rings (SSSR count). The highest BCUT2D eigenvalue weighted by Crippen LogP contribution is 2.18. The van der Waals surface area contributed by atoms with Gasteiger partial charge in [-0.15, -0.1) is 24.0 Å². The first-order valence-electron chi connectivity index (χ1n) is 9.84. The van der Waals surface area contributed by atoms with E-state index in [1.165, 1.54) is 11.3 Å². The Morgan fingerprint density at radius 1 is 1.29 bits per heavy atom. The van der Waals surface area contributed by atoms with Crippen LogP contribution in [0.15, 0.2) is 17.3 Å². The van der Waals surface area contributed by atoms with E-state index in [-0.39, 0.29) is 24.0 Å². The molecule has 0 saturated carbocycles. The molecule has 0 saturated heterocycles. The second kappa shape index (κ2) is 11.4. The second-order valence-corrected chi connectivity index (χ2v) is 7.46. The molecule has 0 aromatic carbocycles. The summed E-state index contributed by atoms with van der Waals surface area (Å²) in [6.45, 7) is 13.9. The molecule has 2 heterocycles. The molecule has 0 spiro atoms. The zero-order chi connectivity index (χ0) is 20.0. The Labute approximate surface area is 186 Å². The van der Waals surface area contributed by atoms with Crippen LogP contribution in [0, 0.1) is 13.8 Å². The minimum Gasteiger partial charge on any atom is -0.357 e. The van der Waals surface area contributed by atoms with Gasteiger partial charge in [0.1, 0.15) is 0 Å². The molecule has 8 heteroatoms. The molecule has 0 radical (unpaired) electrons. The zero-order valence-electron chi connectivity index (χ0n) is 18.4. The number of nitrogens with zero attached hydrogens (tertiary/aromatic N) is 6. The predicted molar refractivity (Wildman–Crippen MR) is 126 cm³/mol. The molecular weight excluding hydrogens is 465 g/mol. The van der Waals surface area contributed by atoms with Crippen molar-refractivity contribution in [1.82, 2.24) is 29.8 Å². The summed E-state index contributed by atoms with van der Waals surface area (Å²) in [5.74, 6) is 1.35. The Hall–Kier alpha value is -1.58. The zero-order valence-corrected chi connectivity index (χ0v) is 20.7. The summed E-state index contributed by atoms with van der Waals surface area (Å²) >= 11 is 0. The van der Waals surface area contributed by atoms with Crippen molar-refractivity contribution in [2.24, 2.45) is 12.0 Å². The Morgan fingerprint density at radius 2 is 2.00 bits per heavy atom. The Balaban J connectivity index is 0.00000392. The molecule has 28 heavy (non-hydrogen) atoms. The van der Waals surface area contributed by atoms with Gasteiger partial charge in [-0.2, -0.15) is 10.2 Å². The Bertz CT molecular complexity index is 761. The summed E-state index contributed by atoms with van der Waals surface area (Å²) in [6.07, 6.45) is 3.08. The maximum atomic E-state index is 4.81. The predicted octanol–water partition coefficient (Wildman–Crippen LogP) is 3.46. The summed E-state index contributed by atoms with van der Waals surface area (Å²) in [5, 5.41) is 12.5. The van der Waals surface area contributed by atoms with Crippen molar-refractivity contribution < 1.29 is 0 Å². The normalized spacial score (nSPS) is 11.6. The van der Waals surface area contributed by atoms with E-state index in [0.29, 0.717) is 5.92 Å². The third-order valence-electron chi connectivity index (χ3n) is 4.48. The third kappa shape index (κ3) is 6.79. The fourth-order valence-electron chi connectivity index (χ4n) is 3.27. The van der Waals surface area contributed by atoms with Crippen LogP contribution in [-0.2, 0) is 20.1 Å². The molecule has 7 nitrogen and oxygen atoms in total. The Kier molecular flexibility index (Phi) is 9.98. The maximum Gasteiger partial charge on any atom is 0.193 e. The van der Waals surface area contributed by atoms with Crippen molar-refractivity contribution >= 4 is 29.9 Å². The number of halogens is 1. The van der Waals surface area contributed by atoms with E-state index >= 15 is 0 Å². The third-order valence-corrected chi connectivity index (χ3v) is 4.48. The van der Waals surface area contributed by atoms with Gasteiger partial charge in [0.05, 0.1) is 11.4 Å². The molecule has 0 unspecified atom stereocenters. The average molecular weight is 501 g/mol. The monoisotopic (exact) mass is 501 g/mol. The van der Waals surface area contributed by atoms with E-state index in [0.717, 1.165) is 49.9 Å². The molecule has 0 amide bonds. The van der Waals surface area contributed by atoms with E-state index in [1.54, 1.807) is 0 Å². The van der Waals surface area contributed by atoms with Crippen LogP contribution in [0.25, 0.3) is 0 Å². The van der Waals surface area contributed by atoms with Crippen molar-refractivity contribution in [3.63, 3.8) is 0 Å². The highest BCUT2D eigenvalue weighted by atomic mass is 127. The van der Waals surface area contributed by atoms with Gasteiger partial charge in [0, 0.05) is 57.7 Å². The molecule has 2 aromatic heterocycles. The van der Waals surface area contributed by atoms with Gasteiger partial charge in [-0.25, -0.2) is 0 Å². The summed E-state index contributed by atoms with van der Waals surface area (Å²) in [7, 11) is 4.06. The largest absolute Gasteiger partial charge is 0.357 e. The van der Waals surface area contributed by atoms with Gasteiger partial charge in [-0.05, 0) is 39.2 Å². The number of hydrogen-bond donors (Lipinski definition) is 1. The molecule has 0 atom stereocenters. The smallest absolute Gasteiger partial charge is 0.193 e. The van der Waals surface area contributed by atoms with Gasteiger partial charge in [0.2, 0.25) is 0 Å². The first kappa shape index (κ1) is 24.5. The molecule has 0 aliphatic carbocycles. The lowest BCUT2D eigenvalue weighted by atomic mass is 10.1. The second-order valence-electron chi connectivity index (χ2n) is 7.46. The van der Waals surface area contributed by atoms with Gasteiger partial charge in [-0.3, -0.25) is 14.4 Å². The molecule has 1 N–H and O–H groups in total. The number of rotatable bonds is 8. The first-order chi connectivity index (χ1) is 12.8. The molecule has 0 aliphatic heterocycles. The number of aryl methyl sites for hydroxylation is 4. The van der Waals surface area contributed by atoms with Gasteiger partial charge in [-0.1, -0.05) is 13.8 Å². The molecule has 2 aromatic rings. The van der Waals surface area contributed by atoms with Crippen molar-refractivity contribution in [3.8, 4) is 0 Å². The minimum absolute atomic E-state index is 0. The van der Waals surface area contributed by atoms with Crippen LogP contribution >= 0.6 is 24.0 Å². The van der Waals surface area contributed by atoms with Crippen LogP contribution in [0.4, 0.5) is 0 Å². The lowest BCUT2D eigenvalue weighted by molar-refractivity contribution is 0.471. The molecule has 0 aliphatic rings. The van der Waals surface area contributed by atoms with Crippen LogP contribution in [0.1, 0.15) is 55.8 Å². The van der Waals surface area contributed by atoms with E-state index in [9.17, 15) is 0 Å². The van der Waals surface area contributed by atoms with Crippen LogP contribution in [-0.4, -0.2) is 50.6 Å². The molecule has 158 valence electrons. The summed E-state index contributed by atoms with van der Waals surface area (Å²) < 4.78 is 3.96. The molecular formula is C20H36IN7. The average Bonchev–Trinajstić information content (AvgIpc) is 3.11. The van der Waals surface area contributed by atoms with Crippen LogP contribution in [0.5, 0.6) is 0 Å². The van der Waals surface area contributed by atoms with Gasteiger partial charge >= 0.3 is 0 Å². The summed E-state index contributed by atoms with van der Waals surface area (Å²) in [5.41, 5.74) is 4.69. The van der Waals surface area contributed by atoms with Crippen LogP contribution in [0.3, 0.4) is 0 Å². The first-order valence-corrected chi connectivity index (χ1v) is 9.84. The minimum atomic E-state index is 0. The van der Waals surface area contributed by atoms with E-state index < -0.39 is 0 Å². The number of guanidine groups is 1. The van der Waals surface area contributed by atoms with Gasteiger partial charge < -0.3 is 10.2 Å². The number of aliphatic imine (C=N–C) groups is 1. The lowest BCUT2D eigenvalue weighted by Gasteiger charge is -2.22. The quantitative estimate of drug-likeness (QED) is 0.261. The fraction of sp³-hybridized carbons (Fsp3) is 0.650. The maximum absolute atomic E-state index is 4.81. The van der Waals surface area contributed by atoms with Crippen LogP contribution in [0.2, 0.25) is 0 Å². The van der Waals surface area contributed by atoms with E-state index in [2.05, 4.69) is 72.1 Å².